The maximum atomic E-state index is 9.57. The van der Waals surface area contributed by atoms with Crippen LogP contribution >= 0.6 is 0 Å². The Bertz CT molecular complexity index is 806. The SMILES string of the molecule is N#Cc1ccc(CNc2cc([C@H]3CCOC3)nc(N3CC(O)C3)n2)cc1. The van der Waals surface area contributed by atoms with Gasteiger partial charge < -0.3 is 20.1 Å². The van der Waals surface area contributed by atoms with Crippen molar-refractivity contribution in [3.8, 4) is 6.07 Å². The molecule has 3 heterocycles. The summed E-state index contributed by atoms with van der Waals surface area (Å²) in [6, 6.07) is 11.6. The van der Waals surface area contributed by atoms with Crippen molar-refractivity contribution in [3.05, 3.63) is 47.2 Å². The van der Waals surface area contributed by atoms with Crippen LogP contribution in [0.3, 0.4) is 0 Å². The van der Waals surface area contributed by atoms with Crippen molar-refractivity contribution in [2.45, 2.75) is 25.0 Å². The smallest absolute Gasteiger partial charge is 0.227 e. The third-order valence-electron chi connectivity index (χ3n) is 4.78. The Morgan fingerprint density at radius 1 is 1.27 bits per heavy atom. The van der Waals surface area contributed by atoms with Gasteiger partial charge in [-0.25, -0.2) is 4.98 Å². The van der Waals surface area contributed by atoms with Crippen LogP contribution in [0.25, 0.3) is 0 Å². The molecule has 2 fully saturated rings. The molecule has 26 heavy (non-hydrogen) atoms. The van der Waals surface area contributed by atoms with Crippen LogP contribution in [-0.4, -0.2) is 47.5 Å². The molecule has 2 N–H and O–H groups in total. The van der Waals surface area contributed by atoms with E-state index in [1.54, 1.807) is 0 Å². The molecule has 2 saturated heterocycles. The number of hydrogen-bond donors (Lipinski definition) is 2. The summed E-state index contributed by atoms with van der Waals surface area (Å²) in [6.07, 6.45) is 0.667. The van der Waals surface area contributed by atoms with Gasteiger partial charge in [-0.1, -0.05) is 12.1 Å². The lowest BCUT2D eigenvalue weighted by Gasteiger charge is -2.36. The Hall–Kier alpha value is -2.69. The van der Waals surface area contributed by atoms with E-state index >= 15 is 0 Å². The second-order valence-electron chi connectivity index (χ2n) is 6.76. The van der Waals surface area contributed by atoms with Crippen LogP contribution in [0.15, 0.2) is 30.3 Å². The molecule has 0 spiro atoms. The lowest BCUT2D eigenvalue weighted by molar-refractivity contribution is 0.140. The van der Waals surface area contributed by atoms with Crippen LogP contribution in [0.4, 0.5) is 11.8 Å². The Kier molecular flexibility index (Phi) is 4.69. The monoisotopic (exact) mass is 351 g/mol. The van der Waals surface area contributed by atoms with Crippen LogP contribution in [0.5, 0.6) is 0 Å². The third-order valence-corrected chi connectivity index (χ3v) is 4.78. The van der Waals surface area contributed by atoms with Crippen LogP contribution < -0.4 is 10.2 Å². The van der Waals surface area contributed by atoms with Gasteiger partial charge in [-0.3, -0.25) is 0 Å². The van der Waals surface area contributed by atoms with E-state index in [4.69, 9.17) is 15.0 Å². The largest absolute Gasteiger partial charge is 0.389 e. The van der Waals surface area contributed by atoms with Crippen LogP contribution in [0.2, 0.25) is 0 Å². The summed E-state index contributed by atoms with van der Waals surface area (Å²) in [6.45, 7) is 3.21. The fraction of sp³-hybridized carbons (Fsp3) is 0.421. The number of nitrogens with zero attached hydrogens (tertiary/aromatic N) is 4. The number of aliphatic hydroxyl groups is 1. The number of hydrogen-bond acceptors (Lipinski definition) is 7. The van der Waals surface area contributed by atoms with E-state index < -0.39 is 0 Å². The molecular formula is C19H21N5O2. The summed E-state index contributed by atoms with van der Waals surface area (Å²) in [5.41, 5.74) is 2.71. The molecule has 1 aromatic heterocycles. The van der Waals surface area contributed by atoms with Crippen molar-refractivity contribution in [1.82, 2.24) is 9.97 Å². The molecule has 0 aliphatic carbocycles. The summed E-state index contributed by atoms with van der Waals surface area (Å²) in [4.78, 5) is 11.3. The topological polar surface area (TPSA) is 94.3 Å². The molecule has 0 radical (unpaired) electrons. The zero-order valence-corrected chi connectivity index (χ0v) is 14.4. The number of nitrogens with one attached hydrogen (secondary N) is 1. The van der Waals surface area contributed by atoms with Gasteiger partial charge in [0.1, 0.15) is 5.82 Å². The molecule has 2 aliphatic rings. The van der Waals surface area contributed by atoms with Crippen LogP contribution in [0, 0.1) is 11.3 Å². The van der Waals surface area contributed by atoms with Gasteiger partial charge in [0.25, 0.3) is 0 Å². The van der Waals surface area contributed by atoms with Crippen molar-refractivity contribution in [2.24, 2.45) is 0 Å². The first-order valence-electron chi connectivity index (χ1n) is 8.84. The standard InChI is InChI=1S/C19H21N5O2/c20-8-13-1-3-14(4-2-13)9-21-18-7-17(15-5-6-26-12-15)22-19(23-18)24-10-16(25)11-24/h1-4,7,15-16,25H,5-6,9-12H2,(H,21,22,23)/t15-/m0/s1. The molecule has 134 valence electrons. The van der Waals surface area contributed by atoms with Gasteiger partial charge in [-0.15, -0.1) is 0 Å². The Morgan fingerprint density at radius 3 is 2.73 bits per heavy atom. The number of anilines is 2. The second kappa shape index (κ2) is 7.28. The summed E-state index contributed by atoms with van der Waals surface area (Å²) in [5, 5.41) is 21.8. The van der Waals surface area contributed by atoms with Gasteiger partial charge in [0.15, 0.2) is 0 Å². The van der Waals surface area contributed by atoms with Crippen LogP contribution in [0.1, 0.15) is 29.2 Å². The quantitative estimate of drug-likeness (QED) is 0.846. The molecule has 0 bridgehead atoms. The Balaban J connectivity index is 1.52. The van der Waals surface area contributed by atoms with Crippen molar-refractivity contribution in [2.75, 3.05) is 36.5 Å². The number of rotatable bonds is 5. The van der Waals surface area contributed by atoms with E-state index in [2.05, 4.69) is 16.4 Å². The minimum absolute atomic E-state index is 0.290. The van der Waals surface area contributed by atoms with E-state index in [1.807, 2.05) is 35.2 Å². The highest BCUT2D eigenvalue weighted by Gasteiger charge is 2.28. The fourth-order valence-electron chi connectivity index (χ4n) is 3.17. The molecule has 7 nitrogen and oxygen atoms in total. The van der Waals surface area contributed by atoms with Gasteiger partial charge in [0.2, 0.25) is 5.95 Å². The first kappa shape index (κ1) is 16.8. The summed E-state index contributed by atoms with van der Waals surface area (Å²) < 4.78 is 5.50. The molecule has 0 amide bonds. The van der Waals surface area contributed by atoms with Gasteiger partial charge >= 0.3 is 0 Å². The molecule has 7 heteroatoms. The molecule has 1 atom stereocenters. The number of aliphatic hydroxyl groups excluding tert-OH is 1. The van der Waals surface area contributed by atoms with E-state index in [0.717, 1.165) is 30.1 Å². The normalized spacial score (nSPS) is 19.8. The lowest BCUT2D eigenvalue weighted by Crippen LogP contribution is -2.51. The number of β-amino-alcohol motifs (C(OH)–C–C–N with tert-alkyl or cyclic N) is 1. The molecule has 4 rings (SSSR count). The highest BCUT2D eigenvalue weighted by atomic mass is 16.5. The maximum absolute atomic E-state index is 9.57. The maximum Gasteiger partial charge on any atom is 0.227 e. The molecule has 0 saturated carbocycles. The summed E-state index contributed by atoms with van der Waals surface area (Å²) in [5.74, 6) is 1.71. The predicted molar refractivity (Wildman–Crippen MR) is 96.9 cm³/mol. The van der Waals surface area contributed by atoms with Gasteiger partial charge in [0, 0.05) is 38.2 Å². The summed E-state index contributed by atoms with van der Waals surface area (Å²) in [7, 11) is 0. The molecule has 2 aliphatic heterocycles. The van der Waals surface area contributed by atoms with E-state index in [9.17, 15) is 5.11 Å². The van der Waals surface area contributed by atoms with Crippen molar-refractivity contribution >= 4 is 11.8 Å². The lowest BCUT2D eigenvalue weighted by atomic mass is 10.0. The zero-order chi connectivity index (χ0) is 17.9. The van der Waals surface area contributed by atoms with E-state index in [-0.39, 0.29) is 6.10 Å². The van der Waals surface area contributed by atoms with Gasteiger partial charge in [0.05, 0.1) is 30.0 Å². The van der Waals surface area contributed by atoms with Crippen molar-refractivity contribution < 1.29 is 9.84 Å². The average Bonchev–Trinajstić information content (AvgIpc) is 3.19. The first-order valence-corrected chi connectivity index (χ1v) is 8.84. The van der Waals surface area contributed by atoms with Gasteiger partial charge in [-0.2, -0.15) is 10.2 Å². The predicted octanol–water partition coefficient (Wildman–Crippen LogP) is 1.65. The third kappa shape index (κ3) is 3.62. The number of ether oxygens (including phenoxy) is 1. The average molecular weight is 351 g/mol. The molecule has 2 aromatic rings. The minimum Gasteiger partial charge on any atom is -0.389 e. The highest BCUT2D eigenvalue weighted by molar-refractivity contribution is 5.47. The zero-order valence-electron chi connectivity index (χ0n) is 14.4. The highest BCUT2D eigenvalue weighted by Crippen LogP contribution is 2.28. The molecule has 0 unspecified atom stereocenters. The summed E-state index contributed by atoms with van der Waals surface area (Å²) >= 11 is 0. The minimum atomic E-state index is -0.299. The van der Waals surface area contributed by atoms with Crippen LogP contribution in [-0.2, 0) is 11.3 Å². The van der Waals surface area contributed by atoms with Gasteiger partial charge in [-0.05, 0) is 24.1 Å². The van der Waals surface area contributed by atoms with Crippen molar-refractivity contribution in [3.63, 3.8) is 0 Å². The first-order chi connectivity index (χ1) is 12.7. The second-order valence-corrected chi connectivity index (χ2v) is 6.76. The number of benzene rings is 1. The Labute approximate surface area is 152 Å². The number of aromatic nitrogens is 2. The Morgan fingerprint density at radius 2 is 2.08 bits per heavy atom. The van der Waals surface area contributed by atoms with Crippen molar-refractivity contribution in [1.29, 1.82) is 5.26 Å². The van der Waals surface area contributed by atoms with E-state index in [0.29, 0.717) is 43.7 Å². The molecule has 1 aromatic carbocycles. The number of nitriles is 1. The van der Waals surface area contributed by atoms with E-state index in [1.165, 1.54) is 0 Å². The fourth-order valence-corrected chi connectivity index (χ4v) is 3.17. The molecular weight excluding hydrogens is 330 g/mol.